The van der Waals surface area contributed by atoms with Gasteiger partial charge in [0.15, 0.2) is 0 Å². The summed E-state index contributed by atoms with van der Waals surface area (Å²) in [6, 6.07) is 7.42. The van der Waals surface area contributed by atoms with Gasteiger partial charge >= 0.3 is 0 Å². The first-order chi connectivity index (χ1) is 10.2. The van der Waals surface area contributed by atoms with Gasteiger partial charge in [0.25, 0.3) is 0 Å². The molecule has 5 nitrogen and oxygen atoms in total. The highest BCUT2D eigenvalue weighted by Gasteiger charge is 2.19. The zero-order chi connectivity index (χ0) is 14.8. The van der Waals surface area contributed by atoms with E-state index < -0.39 is 0 Å². The maximum absolute atomic E-state index is 6.39. The molecule has 0 aliphatic heterocycles. The molecule has 21 heavy (non-hydrogen) atoms. The lowest BCUT2D eigenvalue weighted by atomic mass is 10.1. The van der Waals surface area contributed by atoms with Crippen LogP contribution in [0.15, 0.2) is 41.1 Å². The molecular formula is C15H16BrN5. The minimum Gasteiger partial charge on any atom is -0.318 e. The molecule has 2 heterocycles. The number of aromatic nitrogens is 4. The average molecular weight is 346 g/mol. The van der Waals surface area contributed by atoms with Crippen LogP contribution in [-0.2, 0) is 6.54 Å². The van der Waals surface area contributed by atoms with E-state index in [-0.39, 0.29) is 6.04 Å². The highest BCUT2D eigenvalue weighted by atomic mass is 79.9. The van der Waals surface area contributed by atoms with Gasteiger partial charge in [0, 0.05) is 6.54 Å². The SMILES string of the molecule is CCCn1ncc(Br)c1C(N)c1cnc2ccccc2n1. The maximum atomic E-state index is 6.39. The van der Waals surface area contributed by atoms with E-state index in [0.717, 1.165) is 39.9 Å². The highest BCUT2D eigenvalue weighted by molar-refractivity contribution is 9.10. The molecule has 0 bridgehead atoms. The maximum Gasteiger partial charge on any atom is 0.0924 e. The molecule has 0 aliphatic carbocycles. The third kappa shape index (κ3) is 2.69. The molecule has 2 N–H and O–H groups in total. The van der Waals surface area contributed by atoms with Gasteiger partial charge in [0.05, 0.1) is 45.3 Å². The Morgan fingerprint density at radius 2 is 2.00 bits per heavy atom. The number of nitrogens with zero attached hydrogens (tertiary/aromatic N) is 4. The van der Waals surface area contributed by atoms with Gasteiger partial charge in [-0.15, -0.1) is 0 Å². The lowest BCUT2D eigenvalue weighted by Gasteiger charge is -2.14. The van der Waals surface area contributed by atoms with Crippen LogP contribution < -0.4 is 5.73 Å². The monoisotopic (exact) mass is 345 g/mol. The van der Waals surface area contributed by atoms with Crippen molar-refractivity contribution < 1.29 is 0 Å². The minimum absolute atomic E-state index is 0.356. The van der Waals surface area contributed by atoms with E-state index in [1.165, 1.54) is 0 Å². The van der Waals surface area contributed by atoms with Crippen molar-refractivity contribution in [2.75, 3.05) is 0 Å². The lowest BCUT2D eigenvalue weighted by molar-refractivity contribution is 0.556. The van der Waals surface area contributed by atoms with E-state index in [4.69, 9.17) is 5.73 Å². The third-order valence-electron chi connectivity index (χ3n) is 3.35. The van der Waals surface area contributed by atoms with Crippen LogP contribution in [0.25, 0.3) is 11.0 Å². The molecule has 0 fully saturated rings. The van der Waals surface area contributed by atoms with Crippen LogP contribution in [0.3, 0.4) is 0 Å². The van der Waals surface area contributed by atoms with Crippen LogP contribution in [0.1, 0.15) is 30.8 Å². The van der Waals surface area contributed by atoms with Gasteiger partial charge in [-0.3, -0.25) is 9.67 Å². The summed E-state index contributed by atoms with van der Waals surface area (Å²) in [5, 5.41) is 4.36. The molecule has 3 aromatic rings. The molecule has 0 saturated carbocycles. The molecule has 6 heteroatoms. The smallest absolute Gasteiger partial charge is 0.0924 e. The van der Waals surface area contributed by atoms with E-state index >= 15 is 0 Å². The number of nitrogens with two attached hydrogens (primary N) is 1. The average Bonchev–Trinajstić information content (AvgIpc) is 2.87. The summed E-state index contributed by atoms with van der Waals surface area (Å²) in [5.41, 5.74) is 9.79. The Morgan fingerprint density at radius 1 is 1.24 bits per heavy atom. The number of hydrogen-bond acceptors (Lipinski definition) is 4. The van der Waals surface area contributed by atoms with Crippen molar-refractivity contribution in [2.45, 2.75) is 25.9 Å². The number of fused-ring (bicyclic) bond motifs is 1. The summed E-state index contributed by atoms with van der Waals surface area (Å²) >= 11 is 3.52. The third-order valence-corrected chi connectivity index (χ3v) is 3.96. The first-order valence-corrected chi connectivity index (χ1v) is 7.68. The number of aryl methyl sites for hydroxylation is 1. The van der Waals surface area contributed by atoms with Crippen LogP contribution >= 0.6 is 15.9 Å². The lowest BCUT2D eigenvalue weighted by Crippen LogP contribution is -2.19. The van der Waals surface area contributed by atoms with Gasteiger partial charge in [-0.05, 0) is 34.5 Å². The van der Waals surface area contributed by atoms with Gasteiger partial charge in [-0.25, -0.2) is 4.98 Å². The Kier molecular flexibility index (Phi) is 3.98. The summed E-state index contributed by atoms with van der Waals surface area (Å²) in [4.78, 5) is 9.05. The van der Waals surface area contributed by atoms with Crippen LogP contribution in [0.2, 0.25) is 0 Å². The molecule has 108 valence electrons. The Morgan fingerprint density at radius 3 is 2.76 bits per heavy atom. The normalized spacial score (nSPS) is 12.7. The number of para-hydroxylation sites is 2. The predicted octanol–water partition coefficient (Wildman–Crippen LogP) is 3.05. The molecule has 0 saturated heterocycles. The summed E-state index contributed by atoms with van der Waals surface area (Å²) < 4.78 is 2.82. The van der Waals surface area contributed by atoms with Gasteiger partial charge < -0.3 is 5.73 Å². The second-order valence-electron chi connectivity index (χ2n) is 4.86. The Labute approximate surface area is 131 Å². The summed E-state index contributed by atoms with van der Waals surface area (Å²) in [6.45, 7) is 2.94. The molecule has 1 atom stereocenters. The fourth-order valence-electron chi connectivity index (χ4n) is 2.33. The van der Waals surface area contributed by atoms with Gasteiger partial charge in [0.2, 0.25) is 0 Å². The van der Waals surface area contributed by atoms with E-state index in [0.29, 0.717) is 0 Å². The second-order valence-corrected chi connectivity index (χ2v) is 5.72. The van der Waals surface area contributed by atoms with Crippen molar-refractivity contribution in [1.29, 1.82) is 0 Å². The van der Waals surface area contributed by atoms with Gasteiger partial charge in [0.1, 0.15) is 0 Å². The Hall–Kier alpha value is -1.79. The van der Waals surface area contributed by atoms with E-state index in [1.807, 2.05) is 28.9 Å². The molecule has 0 spiro atoms. The van der Waals surface area contributed by atoms with Crippen molar-refractivity contribution in [3.63, 3.8) is 0 Å². The molecule has 2 aromatic heterocycles. The fraction of sp³-hybridized carbons (Fsp3) is 0.267. The summed E-state index contributed by atoms with van der Waals surface area (Å²) in [6.07, 6.45) is 4.51. The summed E-state index contributed by atoms with van der Waals surface area (Å²) in [5.74, 6) is 0. The number of halogens is 1. The Balaban J connectivity index is 2.03. The number of hydrogen-bond donors (Lipinski definition) is 1. The highest BCUT2D eigenvalue weighted by Crippen LogP contribution is 2.26. The molecule has 0 radical (unpaired) electrons. The largest absolute Gasteiger partial charge is 0.318 e. The van der Waals surface area contributed by atoms with E-state index in [9.17, 15) is 0 Å². The van der Waals surface area contributed by atoms with Crippen molar-refractivity contribution in [3.8, 4) is 0 Å². The molecule has 1 aromatic carbocycles. The molecule has 1 unspecified atom stereocenters. The number of benzene rings is 1. The van der Waals surface area contributed by atoms with Crippen molar-refractivity contribution in [2.24, 2.45) is 5.73 Å². The van der Waals surface area contributed by atoms with Crippen molar-refractivity contribution >= 4 is 27.0 Å². The Bertz CT molecular complexity index is 768. The van der Waals surface area contributed by atoms with Crippen molar-refractivity contribution in [3.05, 3.63) is 52.5 Å². The number of rotatable bonds is 4. The topological polar surface area (TPSA) is 69.6 Å². The zero-order valence-electron chi connectivity index (χ0n) is 11.7. The molecule has 0 aliphatic rings. The van der Waals surface area contributed by atoms with Crippen LogP contribution in [-0.4, -0.2) is 19.7 Å². The first kappa shape index (κ1) is 14.2. The zero-order valence-corrected chi connectivity index (χ0v) is 13.3. The van der Waals surface area contributed by atoms with E-state index in [1.54, 1.807) is 12.4 Å². The fourth-order valence-corrected chi connectivity index (χ4v) is 2.88. The first-order valence-electron chi connectivity index (χ1n) is 6.89. The van der Waals surface area contributed by atoms with Crippen LogP contribution in [0.4, 0.5) is 0 Å². The molecular weight excluding hydrogens is 330 g/mol. The van der Waals surface area contributed by atoms with Crippen LogP contribution in [0, 0.1) is 0 Å². The minimum atomic E-state index is -0.356. The van der Waals surface area contributed by atoms with Gasteiger partial charge in [-0.2, -0.15) is 5.10 Å². The standard InChI is InChI=1S/C15H16BrN5/c1-2-7-21-15(10(16)8-19-21)14(17)13-9-18-11-5-3-4-6-12(11)20-13/h3-6,8-9,14H,2,7,17H2,1H3. The van der Waals surface area contributed by atoms with Crippen LogP contribution in [0.5, 0.6) is 0 Å². The molecule has 0 amide bonds. The molecule has 3 rings (SSSR count). The predicted molar refractivity (Wildman–Crippen MR) is 85.8 cm³/mol. The van der Waals surface area contributed by atoms with Gasteiger partial charge in [-0.1, -0.05) is 19.1 Å². The second kappa shape index (κ2) is 5.91. The summed E-state index contributed by atoms with van der Waals surface area (Å²) in [7, 11) is 0. The van der Waals surface area contributed by atoms with E-state index in [2.05, 4.69) is 37.9 Å². The van der Waals surface area contributed by atoms with Crippen molar-refractivity contribution in [1.82, 2.24) is 19.7 Å². The quantitative estimate of drug-likeness (QED) is 0.788.